The Bertz CT molecular complexity index is 1040. The fraction of sp³-hybridized carbons (Fsp3) is 0.650. The first-order valence-electron chi connectivity index (χ1n) is 10.4. The van der Waals surface area contributed by atoms with Crippen LogP contribution in [0.2, 0.25) is 0 Å². The van der Waals surface area contributed by atoms with E-state index in [1.54, 1.807) is 0 Å². The molecule has 0 N–H and O–H groups in total. The lowest BCUT2D eigenvalue weighted by Crippen LogP contribution is -2.49. The van der Waals surface area contributed by atoms with Gasteiger partial charge in [-0.05, 0) is 34.1 Å². The fourth-order valence-electron chi connectivity index (χ4n) is 4.63. The third kappa shape index (κ3) is 3.84. The molecule has 0 spiro atoms. The highest BCUT2D eigenvalue weighted by molar-refractivity contribution is 7.91. The minimum Gasteiger partial charge on any atom is -0.365 e. The third-order valence-electron chi connectivity index (χ3n) is 6.30. The molecule has 2 fully saturated rings. The Labute approximate surface area is 176 Å². The molecule has 2 aliphatic heterocycles. The molecule has 2 aliphatic rings. The lowest BCUT2D eigenvalue weighted by atomic mass is 10.1. The van der Waals surface area contributed by atoms with Crippen LogP contribution in [0, 0.1) is 27.7 Å². The number of piperazine rings is 1. The molecule has 1 unspecified atom stereocenters. The number of hydrogen-bond acceptors (Lipinski definition) is 7. The second kappa shape index (κ2) is 7.72. The quantitative estimate of drug-likeness (QED) is 0.714. The van der Waals surface area contributed by atoms with Crippen molar-refractivity contribution in [1.29, 1.82) is 0 Å². The molecule has 4 rings (SSSR count). The van der Waals surface area contributed by atoms with Crippen LogP contribution in [0.25, 0.3) is 0 Å². The van der Waals surface area contributed by atoms with Crippen LogP contribution in [0.5, 0.6) is 0 Å². The predicted octanol–water partition coefficient (Wildman–Crippen LogP) is 1.36. The van der Waals surface area contributed by atoms with Gasteiger partial charge >= 0.3 is 0 Å². The van der Waals surface area contributed by atoms with E-state index < -0.39 is 9.84 Å². The molecule has 2 saturated heterocycles. The van der Waals surface area contributed by atoms with Gasteiger partial charge in [-0.1, -0.05) is 5.16 Å². The number of anilines is 1. The second-order valence-corrected chi connectivity index (χ2v) is 10.6. The summed E-state index contributed by atoms with van der Waals surface area (Å²) < 4.78 is 30.8. The van der Waals surface area contributed by atoms with Crippen molar-refractivity contribution >= 4 is 21.4 Å². The molecule has 1 amide bonds. The van der Waals surface area contributed by atoms with Crippen LogP contribution in [0.3, 0.4) is 0 Å². The number of aromatic nitrogens is 3. The summed E-state index contributed by atoms with van der Waals surface area (Å²) in [6.07, 6.45) is 0.932. The Morgan fingerprint density at radius 2 is 1.80 bits per heavy atom. The standard InChI is InChI=1S/C20H29N5O4S/c1-13-18(16(4)29-22-13)11-19(26)23-6-8-24(9-7-23)20-14(2)21-25(15(20)3)17-5-10-30(27,28)12-17/h17H,5-12H2,1-4H3. The smallest absolute Gasteiger partial charge is 0.227 e. The zero-order valence-electron chi connectivity index (χ0n) is 18.0. The molecule has 10 heteroatoms. The molecular formula is C20H29N5O4S. The molecule has 0 radical (unpaired) electrons. The van der Waals surface area contributed by atoms with Crippen LogP contribution in [0.4, 0.5) is 5.69 Å². The Morgan fingerprint density at radius 3 is 2.37 bits per heavy atom. The van der Waals surface area contributed by atoms with Crippen molar-refractivity contribution in [3.05, 3.63) is 28.4 Å². The van der Waals surface area contributed by atoms with Gasteiger partial charge in [0.25, 0.3) is 0 Å². The van der Waals surface area contributed by atoms with Gasteiger partial charge in [-0.25, -0.2) is 8.42 Å². The molecule has 0 aromatic carbocycles. The van der Waals surface area contributed by atoms with Crippen molar-refractivity contribution in [3.8, 4) is 0 Å². The number of amides is 1. The number of carbonyl (C=O) groups is 1. The first kappa shape index (κ1) is 20.9. The normalized spacial score (nSPS) is 21.4. The van der Waals surface area contributed by atoms with Crippen molar-refractivity contribution in [1.82, 2.24) is 19.8 Å². The lowest BCUT2D eigenvalue weighted by molar-refractivity contribution is -0.130. The van der Waals surface area contributed by atoms with Gasteiger partial charge in [0.1, 0.15) is 5.76 Å². The molecular weight excluding hydrogens is 406 g/mol. The number of aryl methyl sites for hydroxylation is 3. The molecule has 2 aromatic heterocycles. The molecule has 2 aromatic rings. The van der Waals surface area contributed by atoms with E-state index >= 15 is 0 Å². The summed E-state index contributed by atoms with van der Waals surface area (Å²) in [5.74, 6) is 1.19. The highest BCUT2D eigenvalue weighted by atomic mass is 32.2. The molecule has 30 heavy (non-hydrogen) atoms. The Kier molecular flexibility index (Phi) is 5.37. The third-order valence-corrected chi connectivity index (χ3v) is 8.05. The zero-order valence-corrected chi connectivity index (χ0v) is 18.8. The highest BCUT2D eigenvalue weighted by Crippen LogP contribution is 2.31. The van der Waals surface area contributed by atoms with Crippen LogP contribution in [0.1, 0.15) is 40.9 Å². The van der Waals surface area contributed by atoms with Gasteiger partial charge in [0.15, 0.2) is 9.84 Å². The summed E-state index contributed by atoms with van der Waals surface area (Å²) >= 11 is 0. The van der Waals surface area contributed by atoms with Crippen molar-refractivity contribution in [2.75, 3.05) is 42.6 Å². The maximum Gasteiger partial charge on any atom is 0.227 e. The van der Waals surface area contributed by atoms with Gasteiger partial charge in [0.05, 0.1) is 46.7 Å². The topological polar surface area (TPSA) is 102 Å². The van der Waals surface area contributed by atoms with Crippen LogP contribution in [0.15, 0.2) is 4.52 Å². The zero-order chi connectivity index (χ0) is 21.6. The van der Waals surface area contributed by atoms with Crippen LogP contribution < -0.4 is 4.90 Å². The van der Waals surface area contributed by atoms with Gasteiger partial charge in [-0.2, -0.15) is 5.10 Å². The fourth-order valence-corrected chi connectivity index (χ4v) is 6.32. The highest BCUT2D eigenvalue weighted by Gasteiger charge is 2.33. The van der Waals surface area contributed by atoms with E-state index in [1.165, 1.54) is 0 Å². The van der Waals surface area contributed by atoms with E-state index in [2.05, 4.69) is 15.2 Å². The molecule has 164 valence electrons. The summed E-state index contributed by atoms with van der Waals surface area (Å²) in [6, 6.07) is -0.0830. The monoisotopic (exact) mass is 435 g/mol. The average Bonchev–Trinajstić information content (AvgIpc) is 3.32. The number of rotatable bonds is 4. The van der Waals surface area contributed by atoms with Gasteiger partial charge in [-0.15, -0.1) is 0 Å². The number of sulfone groups is 1. The maximum absolute atomic E-state index is 12.8. The maximum atomic E-state index is 12.8. The predicted molar refractivity (Wildman–Crippen MR) is 112 cm³/mol. The number of carbonyl (C=O) groups excluding carboxylic acids is 1. The van der Waals surface area contributed by atoms with Crippen LogP contribution in [-0.4, -0.2) is 71.8 Å². The molecule has 0 bridgehead atoms. The second-order valence-electron chi connectivity index (χ2n) is 8.37. The molecule has 0 saturated carbocycles. The summed E-state index contributed by atoms with van der Waals surface area (Å²) in [5, 5.41) is 8.60. The molecule has 9 nitrogen and oxygen atoms in total. The van der Waals surface area contributed by atoms with E-state index in [-0.39, 0.29) is 23.5 Å². The molecule has 1 atom stereocenters. The minimum atomic E-state index is -2.96. The van der Waals surface area contributed by atoms with Gasteiger partial charge < -0.3 is 14.3 Å². The lowest BCUT2D eigenvalue weighted by Gasteiger charge is -2.36. The SMILES string of the molecule is Cc1noc(C)c1CC(=O)N1CCN(c2c(C)nn(C3CCS(=O)(=O)C3)c2C)CC1. The van der Waals surface area contributed by atoms with Gasteiger partial charge in [0.2, 0.25) is 5.91 Å². The average molecular weight is 436 g/mol. The van der Waals surface area contributed by atoms with E-state index in [4.69, 9.17) is 4.52 Å². The minimum absolute atomic E-state index is 0.0830. The number of nitrogens with zero attached hydrogens (tertiary/aromatic N) is 5. The summed E-state index contributed by atoms with van der Waals surface area (Å²) in [4.78, 5) is 16.9. The first-order chi connectivity index (χ1) is 14.2. The van der Waals surface area contributed by atoms with E-state index in [9.17, 15) is 13.2 Å². The van der Waals surface area contributed by atoms with Crippen molar-refractivity contribution in [2.45, 2.75) is 46.6 Å². The summed E-state index contributed by atoms with van der Waals surface area (Å²) in [6.45, 7) is 10.4. The van der Waals surface area contributed by atoms with Crippen molar-refractivity contribution < 1.29 is 17.7 Å². The molecule has 4 heterocycles. The van der Waals surface area contributed by atoms with Crippen molar-refractivity contribution in [2.24, 2.45) is 0 Å². The van der Waals surface area contributed by atoms with Gasteiger partial charge in [0, 0.05) is 31.7 Å². The van der Waals surface area contributed by atoms with E-state index in [0.29, 0.717) is 31.7 Å². The Morgan fingerprint density at radius 1 is 1.10 bits per heavy atom. The van der Waals surface area contributed by atoms with E-state index in [0.717, 1.165) is 41.4 Å². The summed E-state index contributed by atoms with van der Waals surface area (Å²) in [7, 11) is -2.96. The Hall–Kier alpha value is -2.36. The summed E-state index contributed by atoms with van der Waals surface area (Å²) in [5.41, 5.74) is 4.63. The van der Waals surface area contributed by atoms with Crippen LogP contribution in [-0.2, 0) is 21.1 Å². The van der Waals surface area contributed by atoms with Gasteiger partial charge in [-0.3, -0.25) is 9.48 Å². The van der Waals surface area contributed by atoms with E-state index in [1.807, 2.05) is 37.3 Å². The number of hydrogen-bond donors (Lipinski definition) is 0. The van der Waals surface area contributed by atoms with Crippen LogP contribution >= 0.6 is 0 Å². The van der Waals surface area contributed by atoms with Crippen molar-refractivity contribution in [3.63, 3.8) is 0 Å². The Balaban J connectivity index is 1.42. The largest absolute Gasteiger partial charge is 0.365 e. The first-order valence-corrected chi connectivity index (χ1v) is 12.2. The molecule has 0 aliphatic carbocycles.